The van der Waals surface area contributed by atoms with E-state index in [1.807, 2.05) is 12.1 Å². The molecule has 12 atom stereocenters. The average molecular weight is 1520 g/mol. The molecular weight excluding hydrogens is 1440 g/mol. The van der Waals surface area contributed by atoms with Crippen molar-refractivity contribution in [2.45, 2.75) is 133 Å². The number of esters is 8. The van der Waals surface area contributed by atoms with E-state index < -0.39 is 121 Å². The van der Waals surface area contributed by atoms with Gasteiger partial charge >= 0.3 is 53.9 Å². The quantitative estimate of drug-likeness (QED) is 0.0758. The van der Waals surface area contributed by atoms with Gasteiger partial charge in [-0.05, 0) is 86.7 Å². The number of carbonyl (C=O) groups is 8. The molecule has 3 aromatic rings. The number of methoxy groups -OCH3 is 4. The Morgan fingerprint density at radius 1 is 0.514 bits per heavy atom. The van der Waals surface area contributed by atoms with E-state index in [4.69, 9.17) is 77.5 Å². The summed E-state index contributed by atoms with van der Waals surface area (Å²) >= 11 is 0. The maximum atomic E-state index is 13.1. The summed E-state index contributed by atoms with van der Waals surface area (Å²) in [5.41, 5.74) is 0.830. The minimum absolute atomic E-state index is 0.00562. The van der Waals surface area contributed by atoms with Crippen LogP contribution in [0.25, 0.3) is 0 Å². The van der Waals surface area contributed by atoms with Crippen LogP contribution in [0.3, 0.4) is 0 Å². The molecule has 12 unspecified atom stereocenters. The van der Waals surface area contributed by atoms with Gasteiger partial charge in [0.25, 0.3) is 0 Å². The Morgan fingerprint density at radius 2 is 0.981 bits per heavy atom. The molecule has 8 aliphatic rings. The summed E-state index contributed by atoms with van der Waals surface area (Å²) in [5.74, 6) is -4.04. The van der Waals surface area contributed by atoms with Crippen LogP contribution in [0.15, 0.2) is 60.7 Å². The van der Waals surface area contributed by atoms with Gasteiger partial charge in [-0.1, -0.05) is 38.8 Å². The molecule has 8 heterocycles. The van der Waals surface area contributed by atoms with Gasteiger partial charge in [0.2, 0.25) is 12.5 Å². The van der Waals surface area contributed by atoms with E-state index in [1.54, 1.807) is 39.8 Å². The molecule has 0 amide bonds. The Balaban J connectivity index is 0.000000256. The number of halogens is 7. The third kappa shape index (κ3) is 30.0. The normalized spacial score (nSPS) is 25.4. The van der Waals surface area contributed by atoms with Crippen LogP contribution in [0.4, 0.5) is 30.7 Å². The van der Waals surface area contributed by atoms with Crippen molar-refractivity contribution < 1.29 is 183 Å². The summed E-state index contributed by atoms with van der Waals surface area (Å²) in [4.78, 5) is 88.6. The highest BCUT2D eigenvalue weighted by molar-refractivity contribution is 5.80. The number of ether oxygens (including phenoxy) is 24. The Morgan fingerprint density at radius 3 is 1.40 bits per heavy atom. The zero-order valence-corrected chi connectivity index (χ0v) is 58.6. The monoisotopic (exact) mass is 1520 g/mol. The summed E-state index contributed by atoms with van der Waals surface area (Å²) in [6.07, 6.45) is -10.3. The van der Waals surface area contributed by atoms with Gasteiger partial charge in [0.1, 0.15) is 70.7 Å². The summed E-state index contributed by atoms with van der Waals surface area (Å²) in [6, 6.07) is 14.3. The average Bonchev–Trinajstić information content (AvgIpc) is 1.70. The van der Waals surface area contributed by atoms with Crippen molar-refractivity contribution >= 4 is 47.8 Å². The maximum absolute atomic E-state index is 13.1. The molecule has 105 heavy (non-hydrogen) atoms. The van der Waals surface area contributed by atoms with Gasteiger partial charge in [0, 0.05) is 6.07 Å². The first kappa shape index (κ1) is 89.2. The van der Waals surface area contributed by atoms with Crippen LogP contribution in [0, 0.1) is 36.7 Å². The third-order valence-electron chi connectivity index (χ3n) is 14.1. The molecule has 0 saturated carbocycles. The van der Waals surface area contributed by atoms with Crippen molar-refractivity contribution in [2.75, 3.05) is 116 Å². The molecule has 0 radical (unpaired) electrons. The lowest BCUT2D eigenvalue weighted by molar-refractivity contribution is -0.213. The van der Waals surface area contributed by atoms with Gasteiger partial charge in [-0.15, -0.1) is 6.42 Å². The van der Waals surface area contributed by atoms with Crippen LogP contribution in [-0.4, -0.2) is 243 Å². The second-order valence-electron chi connectivity index (χ2n) is 22.9. The third-order valence-corrected chi connectivity index (χ3v) is 14.1. The van der Waals surface area contributed by atoms with Crippen LogP contribution in [0.1, 0.15) is 52.7 Å². The molecule has 0 aromatic heterocycles. The van der Waals surface area contributed by atoms with E-state index in [9.17, 15) is 69.1 Å². The molecule has 3 aromatic carbocycles. The lowest BCUT2D eigenvalue weighted by atomic mass is 9.87. The molecule has 32 nitrogen and oxygen atoms in total. The molecule has 8 saturated heterocycles. The standard InChI is InChI=1S/C14H18O4.C11H11FO4.C10H8F2O4.C8H10O4.C6H7F3O4.2C6H10O4.C5H7FO4/c1-14(2,3)10-4-6-11(7-5-10)18-13(15)12-8-16-9-17-12;1-7-4-8(2-3-9(7)12)16-11(13)10-5-14-6-15-10;11-6-1-2-8(7(12)3-6)16-10(13)9-4-14-5-15-9;1-3-4-10-8(9)7-6(2)11-5-12-7;1-11-5(10)3-4(6(7,8)9)13-2-12-3;1-6(5(7)8-2)3-9-4-10-6;1-4-5(6(7)8-2)10-3-9-4;1-8-5(7)3-4(6)10-2-9-3/h4-7,12H,8-9H2,1-3H3;2-4,10H,5-6H2,1H3;1-3,9H,4-5H2;1,6-7H,4-5H2,2H3;3-4H,2H2,1H3;3-4H2,1-2H3;4-5H,3H2,1-2H3;3-4H,2H2,1H3. The Hall–Kier alpha value is -8.15. The zero-order chi connectivity index (χ0) is 78.0. The summed E-state index contributed by atoms with van der Waals surface area (Å²) in [6.45, 7) is 14.0. The second kappa shape index (κ2) is 44.7. The molecule has 0 spiro atoms. The lowest BCUT2D eigenvalue weighted by Gasteiger charge is -2.19. The van der Waals surface area contributed by atoms with E-state index in [0.717, 1.165) is 26.4 Å². The van der Waals surface area contributed by atoms with E-state index in [0.29, 0.717) is 23.1 Å². The Kier molecular flexibility index (Phi) is 38.0. The van der Waals surface area contributed by atoms with Crippen molar-refractivity contribution in [3.63, 3.8) is 0 Å². The van der Waals surface area contributed by atoms with Crippen LogP contribution < -0.4 is 14.2 Å². The topological polar surface area (TPSA) is 358 Å². The fraction of sp³-hybridized carbons (Fsp3) is 0.576. The minimum atomic E-state index is -4.62. The van der Waals surface area contributed by atoms with Gasteiger partial charge in [-0.25, -0.2) is 55.9 Å². The Labute approximate surface area is 596 Å². The van der Waals surface area contributed by atoms with Gasteiger partial charge in [-0.3, -0.25) is 0 Å². The van der Waals surface area contributed by atoms with Gasteiger partial charge in [0.15, 0.2) is 73.3 Å². The van der Waals surface area contributed by atoms with Crippen molar-refractivity contribution in [2.24, 2.45) is 0 Å². The number of alkyl halides is 4. The second-order valence-corrected chi connectivity index (χ2v) is 22.9. The molecule has 8 fully saturated rings. The summed E-state index contributed by atoms with van der Waals surface area (Å²) in [5, 5.41) is 0. The number of carbonyl (C=O) groups excluding carboxylic acids is 8. The van der Waals surface area contributed by atoms with Crippen LogP contribution in [-0.2, 0) is 143 Å². The number of terminal acetylenes is 1. The molecule has 11 rings (SSSR count). The van der Waals surface area contributed by atoms with E-state index in [1.165, 1.54) is 38.0 Å². The highest BCUT2D eigenvalue weighted by atomic mass is 19.4. The van der Waals surface area contributed by atoms with Gasteiger partial charge in [0.05, 0.1) is 67.1 Å². The van der Waals surface area contributed by atoms with Crippen molar-refractivity contribution in [3.05, 3.63) is 89.2 Å². The van der Waals surface area contributed by atoms with E-state index in [-0.39, 0.29) is 122 Å². The predicted octanol–water partition coefficient (Wildman–Crippen LogP) is 4.98. The van der Waals surface area contributed by atoms with E-state index >= 15 is 0 Å². The first-order valence-corrected chi connectivity index (χ1v) is 31.0. The summed E-state index contributed by atoms with van der Waals surface area (Å²) in [7, 11) is 4.81. The highest BCUT2D eigenvalue weighted by Crippen LogP contribution is 2.31. The molecule has 586 valence electrons. The zero-order valence-electron chi connectivity index (χ0n) is 58.6. The van der Waals surface area contributed by atoms with Gasteiger partial charge < -0.3 is 114 Å². The maximum Gasteiger partial charge on any atom is 0.417 e. The number of hydrogen-bond acceptors (Lipinski definition) is 32. The molecule has 0 N–H and O–H groups in total. The molecule has 0 aliphatic carbocycles. The molecule has 39 heteroatoms. The van der Waals surface area contributed by atoms with E-state index in [2.05, 4.69) is 69.3 Å². The Bertz CT molecular complexity index is 3240. The first-order valence-electron chi connectivity index (χ1n) is 31.0. The fourth-order valence-corrected chi connectivity index (χ4v) is 8.27. The van der Waals surface area contributed by atoms with Crippen molar-refractivity contribution in [1.29, 1.82) is 0 Å². The number of aryl methyl sites for hydroxylation is 1. The molecular formula is C66H81F7O32. The van der Waals surface area contributed by atoms with Gasteiger partial charge in [-0.2, -0.15) is 13.2 Å². The largest absolute Gasteiger partial charge is 0.467 e. The first-order chi connectivity index (χ1) is 49.7. The SMILES string of the molecule is C#CCOC(=O)C1OCOC1C.CC(C)(C)c1ccc(OC(=O)C2COCO2)cc1.COC(=O)C1(C)COCO1.COC(=O)C1OCOC1C.COC(=O)C1OCOC1C(F)(F)F.COC(=O)C1OCOC1F.Cc1cc(OC(=O)C2COCO2)ccc1F.O=C(Oc1ccc(F)cc1F)C1COCO1. The van der Waals surface area contributed by atoms with Crippen LogP contribution >= 0.6 is 0 Å². The van der Waals surface area contributed by atoms with Crippen LogP contribution in [0.2, 0.25) is 0 Å². The predicted molar refractivity (Wildman–Crippen MR) is 332 cm³/mol. The van der Waals surface area contributed by atoms with Crippen molar-refractivity contribution in [1.82, 2.24) is 0 Å². The number of rotatable bonds is 12. The van der Waals surface area contributed by atoms with Crippen LogP contribution in [0.5, 0.6) is 17.2 Å². The number of hydrogen-bond donors (Lipinski definition) is 0. The summed E-state index contributed by atoms with van der Waals surface area (Å²) < 4.78 is 201. The van der Waals surface area contributed by atoms with Crippen molar-refractivity contribution in [3.8, 4) is 29.6 Å². The highest BCUT2D eigenvalue weighted by Gasteiger charge is 2.53. The smallest absolute Gasteiger partial charge is 0.417 e. The number of benzene rings is 3. The minimum Gasteiger partial charge on any atom is -0.467 e. The lowest BCUT2D eigenvalue weighted by Crippen LogP contribution is -2.42. The molecule has 0 bridgehead atoms. The molecule has 8 aliphatic heterocycles. The fourth-order valence-electron chi connectivity index (χ4n) is 8.27.